The Balaban J connectivity index is 2.15. The Hall–Kier alpha value is -2.82. The molecule has 2 atom stereocenters. The number of anilines is 1. The van der Waals surface area contributed by atoms with Crippen LogP contribution in [-0.2, 0) is 4.79 Å². The fourth-order valence-corrected chi connectivity index (χ4v) is 2.81. The molecule has 2 aromatic rings. The number of rotatable bonds is 8. The third-order valence-corrected chi connectivity index (χ3v) is 4.68. The van der Waals surface area contributed by atoms with Gasteiger partial charge >= 0.3 is 0 Å². The van der Waals surface area contributed by atoms with Gasteiger partial charge in [0.05, 0.1) is 11.3 Å². The number of hydrogen-bond acceptors (Lipinski definition) is 3. The van der Waals surface area contributed by atoms with E-state index in [2.05, 4.69) is 10.6 Å². The highest BCUT2D eigenvalue weighted by Gasteiger charge is 2.22. The van der Waals surface area contributed by atoms with E-state index in [1.54, 1.807) is 24.3 Å². The quantitative estimate of drug-likeness (QED) is 0.699. The zero-order valence-corrected chi connectivity index (χ0v) is 17.3. The SMILES string of the molecule is CC[C@H](C)NC(=O)c1ccccc1NC(=O)[C@@H](CC)Oc1ccc(C)cc1C. The lowest BCUT2D eigenvalue weighted by molar-refractivity contribution is -0.122. The van der Waals surface area contributed by atoms with E-state index in [0.717, 1.165) is 17.5 Å². The van der Waals surface area contributed by atoms with E-state index in [0.29, 0.717) is 23.4 Å². The lowest BCUT2D eigenvalue weighted by atomic mass is 10.1. The number of amides is 2. The summed E-state index contributed by atoms with van der Waals surface area (Å²) in [6.07, 6.45) is 0.703. The molecule has 2 N–H and O–H groups in total. The molecule has 2 aromatic carbocycles. The summed E-state index contributed by atoms with van der Waals surface area (Å²) >= 11 is 0. The number of para-hydroxylation sites is 1. The molecule has 0 heterocycles. The zero-order chi connectivity index (χ0) is 20.7. The maximum Gasteiger partial charge on any atom is 0.265 e. The first-order chi connectivity index (χ1) is 13.3. The monoisotopic (exact) mass is 382 g/mol. The summed E-state index contributed by atoms with van der Waals surface area (Å²) < 4.78 is 5.95. The first-order valence-electron chi connectivity index (χ1n) is 9.80. The molecule has 0 unspecified atom stereocenters. The molecule has 0 aliphatic carbocycles. The average Bonchev–Trinajstić information content (AvgIpc) is 2.67. The summed E-state index contributed by atoms with van der Waals surface area (Å²) in [5, 5.41) is 5.79. The minimum atomic E-state index is -0.646. The number of ether oxygens (including phenoxy) is 1. The predicted molar refractivity (Wildman–Crippen MR) is 113 cm³/mol. The van der Waals surface area contributed by atoms with Crippen molar-refractivity contribution >= 4 is 17.5 Å². The minimum absolute atomic E-state index is 0.0625. The van der Waals surface area contributed by atoms with Crippen molar-refractivity contribution in [3.8, 4) is 5.75 Å². The van der Waals surface area contributed by atoms with Gasteiger partial charge in [-0.2, -0.15) is 0 Å². The van der Waals surface area contributed by atoms with Gasteiger partial charge in [-0.3, -0.25) is 9.59 Å². The molecule has 2 rings (SSSR count). The van der Waals surface area contributed by atoms with Gasteiger partial charge in [0.15, 0.2) is 6.10 Å². The Morgan fingerprint density at radius 1 is 1.04 bits per heavy atom. The van der Waals surface area contributed by atoms with Gasteiger partial charge in [0.2, 0.25) is 0 Å². The topological polar surface area (TPSA) is 67.4 Å². The highest BCUT2D eigenvalue weighted by molar-refractivity contribution is 6.04. The summed E-state index contributed by atoms with van der Waals surface area (Å²) in [5.74, 6) is 0.218. The minimum Gasteiger partial charge on any atom is -0.480 e. The Morgan fingerprint density at radius 2 is 1.75 bits per heavy atom. The van der Waals surface area contributed by atoms with Crippen molar-refractivity contribution in [2.24, 2.45) is 0 Å². The van der Waals surface area contributed by atoms with E-state index >= 15 is 0 Å². The van der Waals surface area contributed by atoms with Crippen LogP contribution >= 0.6 is 0 Å². The average molecular weight is 383 g/mol. The summed E-state index contributed by atoms with van der Waals surface area (Å²) in [6.45, 7) is 9.83. The van der Waals surface area contributed by atoms with Crippen LogP contribution in [0.4, 0.5) is 5.69 Å². The van der Waals surface area contributed by atoms with Crippen molar-refractivity contribution in [1.82, 2.24) is 5.32 Å². The predicted octanol–water partition coefficient (Wildman–Crippen LogP) is 4.63. The van der Waals surface area contributed by atoms with Gasteiger partial charge in [0, 0.05) is 6.04 Å². The molecule has 0 aliphatic rings. The van der Waals surface area contributed by atoms with Crippen molar-refractivity contribution < 1.29 is 14.3 Å². The first kappa shape index (κ1) is 21.5. The van der Waals surface area contributed by atoms with Crippen molar-refractivity contribution in [2.45, 2.75) is 59.6 Å². The molecular formula is C23H30N2O3. The van der Waals surface area contributed by atoms with Crippen molar-refractivity contribution in [1.29, 1.82) is 0 Å². The molecule has 2 amide bonds. The smallest absolute Gasteiger partial charge is 0.265 e. The fraction of sp³-hybridized carbons (Fsp3) is 0.391. The Labute approximate surface area is 167 Å². The first-order valence-corrected chi connectivity index (χ1v) is 9.80. The van der Waals surface area contributed by atoms with Gasteiger partial charge in [0.25, 0.3) is 11.8 Å². The molecule has 0 saturated heterocycles. The lowest BCUT2D eigenvalue weighted by Gasteiger charge is -2.20. The van der Waals surface area contributed by atoms with Gasteiger partial charge in [0.1, 0.15) is 5.75 Å². The standard InChI is InChI=1S/C23H30N2O3/c1-6-17(5)24-22(26)18-10-8-9-11-19(18)25-23(27)20(7-2)28-21-13-12-15(3)14-16(21)4/h8-14,17,20H,6-7H2,1-5H3,(H,24,26)(H,25,27)/t17-,20+/m0/s1. The number of carbonyl (C=O) groups is 2. The number of nitrogens with one attached hydrogen (secondary N) is 2. The van der Waals surface area contributed by atoms with Crippen LogP contribution in [0.15, 0.2) is 42.5 Å². The maximum absolute atomic E-state index is 12.8. The fourth-order valence-electron chi connectivity index (χ4n) is 2.81. The Kier molecular flexibility index (Phi) is 7.61. The number of hydrogen-bond donors (Lipinski definition) is 2. The molecule has 5 heteroatoms. The summed E-state index contributed by atoms with van der Waals surface area (Å²) in [5.41, 5.74) is 3.05. The highest BCUT2D eigenvalue weighted by atomic mass is 16.5. The van der Waals surface area contributed by atoms with E-state index in [9.17, 15) is 9.59 Å². The second kappa shape index (κ2) is 9.93. The lowest BCUT2D eigenvalue weighted by Crippen LogP contribution is -2.35. The second-order valence-electron chi connectivity index (χ2n) is 7.10. The van der Waals surface area contributed by atoms with Gasteiger partial charge < -0.3 is 15.4 Å². The Morgan fingerprint density at radius 3 is 2.39 bits per heavy atom. The van der Waals surface area contributed by atoms with Crippen molar-refractivity contribution in [2.75, 3.05) is 5.32 Å². The van der Waals surface area contributed by atoms with Crippen LogP contribution in [0.1, 0.15) is 55.1 Å². The molecule has 150 valence electrons. The highest BCUT2D eigenvalue weighted by Crippen LogP contribution is 2.22. The number of carbonyl (C=O) groups excluding carboxylic acids is 2. The van der Waals surface area contributed by atoms with E-state index in [1.807, 2.05) is 52.8 Å². The summed E-state index contributed by atoms with van der Waals surface area (Å²) in [4.78, 5) is 25.3. The zero-order valence-electron chi connectivity index (χ0n) is 17.3. The molecule has 0 saturated carbocycles. The molecular weight excluding hydrogens is 352 g/mol. The molecule has 0 aromatic heterocycles. The van der Waals surface area contributed by atoms with E-state index in [-0.39, 0.29) is 17.9 Å². The van der Waals surface area contributed by atoms with E-state index in [1.165, 1.54) is 0 Å². The molecule has 28 heavy (non-hydrogen) atoms. The maximum atomic E-state index is 12.8. The van der Waals surface area contributed by atoms with Crippen LogP contribution in [0.5, 0.6) is 5.75 Å². The van der Waals surface area contributed by atoms with E-state index < -0.39 is 6.10 Å². The van der Waals surface area contributed by atoms with Crippen LogP contribution in [0.3, 0.4) is 0 Å². The second-order valence-corrected chi connectivity index (χ2v) is 7.10. The van der Waals surface area contributed by atoms with Crippen LogP contribution in [-0.4, -0.2) is 24.0 Å². The third kappa shape index (κ3) is 5.59. The third-order valence-electron chi connectivity index (χ3n) is 4.68. The summed E-state index contributed by atoms with van der Waals surface area (Å²) in [6, 6.07) is 12.9. The number of benzene rings is 2. The molecule has 5 nitrogen and oxygen atoms in total. The molecule has 0 bridgehead atoms. The Bertz CT molecular complexity index is 832. The van der Waals surface area contributed by atoms with Crippen LogP contribution in [0.2, 0.25) is 0 Å². The van der Waals surface area contributed by atoms with Gasteiger partial charge in [-0.05, 0) is 57.4 Å². The van der Waals surface area contributed by atoms with Gasteiger partial charge in [-0.25, -0.2) is 0 Å². The van der Waals surface area contributed by atoms with Crippen molar-refractivity contribution in [3.63, 3.8) is 0 Å². The van der Waals surface area contributed by atoms with Crippen LogP contribution in [0.25, 0.3) is 0 Å². The normalized spacial score (nSPS) is 12.8. The largest absolute Gasteiger partial charge is 0.480 e. The van der Waals surface area contributed by atoms with E-state index in [4.69, 9.17) is 4.74 Å². The molecule has 0 fully saturated rings. The molecule has 0 aliphatic heterocycles. The van der Waals surface area contributed by atoms with Gasteiger partial charge in [-0.15, -0.1) is 0 Å². The van der Waals surface area contributed by atoms with Crippen LogP contribution < -0.4 is 15.4 Å². The van der Waals surface area contributed by atoms with Crippen LogP contribution in [0, 0.1) is 13.8 Å². The molecule has 0 spiro atoms. The molecule has 0 radical (unpaired) electrons. The summed E-state index contributed by atoms with van der Waals surface area (Å²) in [7, 11) is 0. The van der Waals surface area contributed by atoms with Crippen molar-refractivity contribution in [3.05, 3.63) is 59.2 Å². The number of aryl methyl sites for hydroxylation is 2. The van der Waals surface area contributed by atoms with Gasteiger partial charge in [-0.1, -0.05) is 43.7 Å².